The average molecular weight is 490 g/mol. The van der Waals surface area contributed by atoms with Gasteiger partial charge in [0.05, 0.1) is 14.3 Å². The van der Waals surface area contributed by atoms with Crippen LogP contribution in [0.1, 0.15) is 16.7 Å². The summed E-state index contributed by atoms with van der Waals surface area (Å²) in [5.74, 6) is -1.12. The van der Waals surface area contributed by atoms with Gasteiger partial charge in [-0.15, -0.1) is 0 Å². The summed E-state index contributed by atoms with van der Waals surface area (Å²) >= 11 is 3.78. The minimum atomic E-state index is -0.619. The molecule has 1 aliphatic rings. The lowest BCUT2D eigenvalue weighted by molar-refractivity contribution is -0.385. The summed E-state index contributed by atoms with van der Waals surface area (Å²) in [5.41, 5.74) is 2.78. The van der Waals surface area contributed by atoms with Crippen LogP contribution in [0.25, 0.3) is 6.08 Å². The highest BCUT2D eigenvalue weighted by molar-refractivity contribution is 9.10. The second-order valence-corrected chi connectivity index (χ2v) is 8.51. The number of nitrogens with one attached hydrogen (secondary N) is 1. The number of carbonyl (C=O) groups is 3. The Morgan fingerprint density at radius 2 is 1.87 bits per heavy atom. The molecule has 1 N–H and O–H groups in total. The molecule has 30 heavy (non-hydrogen) atoms. The van der Waals surface area contributed by atoms with Gasteiger partial charge in [-0.1, -0.05) is 12.1 Å². The third kappa shape index (κ3) is 4.95. The molecule has 0 unspecified atom stereocenters. The predicted molar refractivity (Wildman–Crippen MR) is 118 cm³/mol. The van der Waals surface area contributed by atoms with E-state index in [2.05, 4.69) is 21.2 Å². The molecule has 2 aromatic rings. The number of nitro groups is 1. The Morgan fingerprint density at radius 1 is 1.20 bits per heavy atom. The zero-order valence-electron chi connectivity index (χ0n) is 16.0. The monoisotopic (exact) mass is 489 g/mol. The van der Waals surface area contributed by atoms with Crippen LogP contribution < -0.4 is 5.32 Å². The number of nitro benzene ring substituents is 1. The summed E-state index contributed by atoms with van der Waals surface area (Å²) in [5, 5.41) is 13.2. The Bertz CT molecular complexity index is 1100. The summed E-state index contributed by atoms with van der Waals surface area (Å²) in [4.78, 5) is 48.6. The molecule has 3 amide bonds. The number of hydrogen-bond acceptors (Lipinski definition) is 6. The third-order valence-corrected chi connectivity index (χ3v) is 5.72. The highest BCUT2D eigenvalue weighted by Gasteiger charge is 2.36. The first-order chi connectivity index (χ1) is 14.1. The highest BCUT2D eigenvalue weighted by atomic mass is 79.9. The van der Waals surface area contributed by atoms with E-state index < -0.39 is 28.5 Å². The Hall–Kier alpha value is -2.98. The van der Waals surface area contributed by atoms with Gasteiger partial charge in [-0.25, -0.2) is 0 Å². The Balaban J connectivity index is 1.74. The number of anilines is 1. The van der Waals surface area contributed by atoms with Crippen LogP contribution in [0.2, 0.25) is 0 Å². The van der Waals surface area contributed by atoms with Gasteiger partial charge >= 0.3 is 0 Å². The molecule has 10 heteroatoms. The van der Waals surface area contributed by atoms with Gasteiger partial charge < -0.3 is 5.32 Å². The van der Waals surface area contributed by atoms with E-state index in [4.69, 9.17) is 0 Å². The molecule has 154 valence electrons. The molecule has 2 aromatic carbocycles. The number of carbonyl (C=O) groups excluding carboxylic acids is 3. The van der Waals surface area contributed by atoms with Gasteiger partial charge in [0.25, 0.3) is 16.8 Å². The zero-order chi connectivity index (χ0) is 22.0. The molecule has 3 rings (SSSR count). The number of rotatable bonds is 5. The maximum Gasteiger partial charge on any atom is 0.294 e. The van der Waals surface area contributed by atoms with Crippen LogP contribution in [-0.4, -0.2) is 33.4 Å². The number of nitrogens with zero attached hydrogens (tertiary/aromatic N) is 2. The maximum absolute atomic E-state index is 12.6. The maximum atomic E-state index is 12.6. The molecule has 0 bridgehead atoms. The molecule has 1 saturated heterocycles. The number of hydrogen-bond donors (Lipinski definition) is 1. The molecule has 0 radical (unpaired) electrons. The summed E-state index contributed by atoms with van der Waals surface area (Å²) in [6, 6.07) is 9.91. The van der Waals surface area contributed by atoms with Crippen LogP contribution in [0.15, 0.2) is 45.8 Å². The quantitative estimate of drug-likeness (QED) is 0.371. The van der Waals surface area contributed by atoms with Crippen molar-refractivity contribution in [2.24, 2.45) is 0 Å². The second-order valence-electron chi connectivity index (χ2n) is 6.66. The molecule has 0 aliphatic carbocycles. The molecule has 1 aliphatic heterocycles. The normalized spacial score (nSPS) is 15.0. The van der Waals surface area contributed by atoms with Crippen LogP contribution in [0.3, 0.4) is 0 Å². The summed E-state index contributed by atoms with van der Waals surface area (Å²) in [6.45, 7) is 3.38. The Labute approximate surface area is 184 Å². The Kier molecular flexibility index (Phi) is 6.37. The number of aryl methyl sites for hydroxylation is 2. The Morgan fingerprint density at radius 3 is 2.50 bits per heavy atom. The lowest BCUT2D eigenvalue weighted by atomic mass is 10.1. The van der Waals surface area contributed by atoms with Gasteiger partial charge in [0.2, 0.25) is 5.91 Å². The first-order valence-corrected chi connectivity index (χ1v) is 10.3. The summed E-state index contributed by atoms with van der Waals surface area (Å²) in [6.07, 6.45) is 1.40. The van der Waals surface area contributed by atoms with Crippen molar-refractivity contribution in [2.75, 3.05) is 11.9 Å². The van der Waals surface area contributed by atoms with E-state index in [1.807, 2.05) is 19.9 Å². The van der Waals surface area contributed by atoms with Crippen LogP contribution in [0.5, 0.6) is 0 Å². The minimum Gasteiger partial charge on any atom is -0.325 e. The molecular weight excluding hydrogens is 474 g/mol. The van der Waals surface area contributed by atoms with Gasteiger partial charge in [0.15, 0.2) is 0 Å². The number of imide groups is 1. The van der Waals surface area contributed by atoms with Gasteiger partial charge in [-0.2, -0.15) is 0 Å². The summed E-state index contributed by atoms with van der Waals surface area (Å²) < 4.78 is 0.306. The number of halogens is 1. The van der Waals surface area contributed by atoms with Crippen molar-refractivity contribution in [3.63, 3.8) is 0 Å². The van der Waals surface area contributed by atoms with Crippen molar-refractivity contribution in [1.82, 2.24) is 4.90 Å². The largest absolute Gasteiger partial charge is 0.325 e. The first kappa shape index (κ1) is 21.7. The van der Waals surface area contributed by atoms with Gasteiger partial charge in [0, 0.05) is 11.8 Å². The van der Waals surface area contributed by atoms with E-state index in [0.29, 0.717) is 27.5 Å². The standard InChI is InChI=1S/C20H16BrN3O5S/c1-11-5-12(2)7-14(6-11)22-18(25)10-23-19(26)17(30-20(23)27)9-13-3-4-15(21)16(8-13)24(28)29/h3-9H,10H2,1-2H3,(H,22,25)/b17-9-. The molecule has 1 fully saturated rings. The fourth-order valence-corrected chi connectivity index (χ4v) is 4.17. The minimum absolute atomic E-state index is 0.0934. The smallest absolute Gasteiger partial charge is 0.294 e. The van der Waals surface area contributed by atoms with E-state index in [-0.39, 0.29) is 10.6 Å². The predicted octanol–water partition coefficient (Wildman–Crippen LogP) is 4.65. The highest BCUT2D eigenvalue weighted by Crippen LogP contribution is 2.33. The fourth-order valence-electron chi connectivity index (χ4n) is 2.94. The van der Waals surface area contributed by atoms with E-state index in [1.165, 1.54) is 18.2 Å². The van der Waals surface area contributed by atoms with E-state index >= 15 is 0 Å². The number of amides is 3. The van der Waals surface area contributed by atoms with Crippen molar-refractivity contribution in [3.8, 4) is 0 Å². The van der Waals surface area contributed by atoms with Crippen molar-refractivity contribution < 1.29 is 19.3 Å². The molecular formula is C20H16BrN3O5S. The van der Waals surface area contributed by atoms with Crippen LogP contribution >= 0.6 is 27.7 Å². The van der Waals surface area contributed by atoms with E-state index in [9.17, 15) is 24.5 Å². The average Bonchev–Trinajstić information content (AvgIpc) is 2.89. The molecule has 1 heterocycles. The van der Waals surface area contributed by atoms with Gasteiger partial charge in [-0.3, -0.25) is 29.4 Å². The molecule has 8 nitrogen and oxygen atoms in total. The van der Waals surface area contributed by atoms with Crippen molar-refractivity contribution in [3.05, 3.63) is 72.6 Å². The zero-order valence-corrected chi connectivity index (χ0v) is 18.4. The second kappa shape index (κ2) is 8.80. The molecule has 0 saturated carbocycles. The SMILES string of the molecule is Cc1cc(C)cc(NC(=O)CN2C(=O)S/C(=C\c3ccc(Br)c([N+](=O)[O-])c3)C2=O)c1. The van der Waals surface area contributed by atoms with Crippen LogP contribution in [-0.2, 0) is 9.59 Å². The molecule has 0 spiro atoms. The van der Waals surface area contributed by atoms with E-state index in [0.717, 1.165) is 16.0 Å². The first-order valence-electron chi connectivity index (χ1n) is 8.71. The van der Waals surface area contributed by atoms with Crippen molar-refractivity contribution in [1.29, 1.82) is 0 Å². The lowest BCUT2D eigenvalue weighted by Gasteiger charge is -2.13. The number of benzene rings is 2. The summed E-state index contributed by atoms with van der Waals surface area (Å²) in [7, 11) is 0. The van der Waals surface area contributed by atoms with Crippen molar-refractivity contribution in [2.45, 2.75) is 13.8 Å². The van der Waals surface area contributed by atoms with Gasteiger partial charge in [0.1, 0.15) is 6.54 Å². The van der Waals surface area contributed by atoms with Crippen LogP contribution in [0, 0.1) is 24.0 Å². The third-order valence-electron chi connectivity index (χ3n) is 4.15. The van der Waals surface area contributed by atoms with Gasteiger partial charge in [-0.05, 0) is 82.5 Å². The van der Waals surface area contributed by atoms with Crippen molar-refractivity contribution >= 4 is 62.2 Å². The number of thioether (sulfide) groups is 1. The van der Waals surface area contributed by atoms with Crippen LogP contribution in [0.4, 0.5) is 16.2 Å². The van der Waals surface area contributed by atoms with E-state index in [1.54, 1.807) is 18.2 Å². The molecule has 0 atom stereocenters. The topological polar surface area (TPSA) is 110 Å². The lowest BCUT2D eigenvalue weighted by Crippen LogP contribution is -2.36. The molecule has 0 aromatic heterocycles. The fraction of sp³-hybridized carbons (Fsp3) is 0.150.